The van der Waals surface area contributed by atoms with E-state index in [2.05, 4.69) is 32.6 Å². The monoisotopic (exact) mass is 338 g/mol. The molecule has 19 heavy (non-hydrogen) atoms. The first-order valence-corrected chi connectivity index (χ1v) is 7.56. The van der Waals surface area contributed by atoms with Gasteiger partial charge in [-0.15, -0.1) is 11.3 Å². The first-order chi connectivity index (χ1) is 9.19. The third-order valence-corrected chi connectivity index (χ3v) is 4.35. The van der Waals surface area contributed by atoms with Crippen LogP contribution >= 0.6 is 27.3 Å². The summed E-state index contributed by atoms with van der Waals surface area (Å²) in [6.45, 7) is 0.765. The van der Waals surface area contributed by atoms with Crippen molar-refractivity contribution in [2.75, 3.05) is 12.4 Å². The van der Waals surface area contributed by atoms with E-state index < -0.39 is 0 Å². The van der Waals surface area contributed by atoms with E-state index >= 15 is 0 Å². The van der Waals surface area contributed by atoms with Crippen molar-refractivity contribution in [3.05, 3.63) is 50.6 Å². The predicted molar refractivity (Wildman–Crippen MR) is 83.6 cm³/mol. The molecule has 5 heteroatoms. The van der Waals surface area contributed by atoms with E-state index in [-0.39, 0.29) is 5.91 Å². The van der Waals surface area contributed by atoms with Crippen molar-refractivity contribution < 1.29 is 4.79 Å². The summed E-state index contributed by atoms with van der Waals surface area (Å²) in [5.41, 5.74) is 2.02. The molecule has 0 saturated heterocycles. The van der Waals surface area contributed by atoms with Gasteiger partial charge in [-0.1, -0.05) is 18.2 Å². The molecule has 0 atom stereocenters. The van der Waals surface area contributed by atoms with Gasteiger partial charge in [-0.25, -0.2) is 0 Å². The van der Waals surface area contributed by atoms with Gasteiger partial charge in [0.15, 0.2) is 0 Å². The van der Waals surface area contributed by atoms with E-state index in [0.717, 1.165) is 21.6 Å². The summed E-state index contributed by atoms with van der Waals surface area (Å²) in [6.07, 6.45) is 0.397. The normalized spacial score (nSPS) is 10.2. The van der Waals surface area contributed by atoms with Gasteiger partial charge in [0.1, 0.15) is 0 Å². The van der Waals surface area contributed by atoms with Gasteiger partial charge in [0.05, 0.1) is 10.2 Å². The second-order valence-electron chi connectivity index (χ2n) is 4.07. The Morgan fingerprint density at radius 2 is 2.05 bits per heavy atom. The van der Waals surface area contributed by atoms with Crippen molar-refractivity contribution in [3.8, 4) is 0 Å². The van der Waals surface area contributed by atoms with Crippen LogP contribution in [0.25, 0.3) is 0 Å². The Balaban J connectivity index is 2.05. The number of hydrogen-bond acceptors (Lipinski definition) is 3. The minimum absolute atomic E-state index is 0.0214. The number of likely N-dealkylation sites (N-methyl/N-ethyl adjacent to an activating group) is 1. The molecule has 0 unspecified atom stereocenters. The van der Waals surface area contributed by atoms with Crippen LogP contribution in [0.4, 0.5) is 5.69 Å². The minimum atomic E-state index is 0.0214. The number of carbonyl (C=O) groups is 1. The van der Waals surface area contributed by atoms with Crippen molar-refractivity contribution in [1.82, 2.24) is 5.32 Å². The van der Waals surface area contributed by atoms with Crippen molar-refractivity contribution >= 4 is 38.9 Å². The number of anilines is 1. The Bertz CT molecular complexity index is 568. The Morgan fingerprint density at radius 1 is 1.26 bits per heavy atom. The highest BCUT2D eigenvalue weighted by molar-refractivity contribution is 9.11. The van der Waals surface area contributed by atoms with Gasteiger partial charge >= 0.3 is 0 Å². The number of carbonyl (C=O) groups excluding carboxylic acids is 1. The van der Waals surface area contributed by atoms with Crippen molar-refractivity contribution in [2.45, 2.75) is 13.0 Å². The van der Waals surface area contributed by atoms with Crippen molar-refractivity contribution in [1.29, 1.82) is 0 Å². The van der Waals surface area contributed by atoms with Crippen LogP contribution in [0, 0.1) is 0 Å². The molecule has 1 aromatic heterocycles. The molecular weight excluding hydrogens is 324 g/mol. The Kier molecular flexibility index (Phi) is 4.99. The van der Waals surface area contributed by atoms with E-state index in [4.69, 9.17) is 0 Å². The van der Waals surface area contributed by atoms with Gasteiger partial charge in [-0.3, -0.25) is 4.79 Å². The number of amides is 1. The molecule has 0 spiro atoms. The third-order valence-electron chi connectivity index (χ3n) is 2.73. The van der Waals surface area contributed by atoms with Crippen LogP contribution in [0.3, 0.4) is 0 Å². The molecule has 3 nitrogen and oxygen atoms in total. The lowest BCUT2D eigenvalue weighted by Crippen LogP contribution is -2.20. The zero-order valence-corrected chi connectivity index (χ0v) is 13.0. The van der Waals surface area contributed by atoms with Gasteiger partial charge in [-0.2, -0.15) is 0 Å². The molecule has 2 N–H and O–H groups in total. The summed E-state index contributed by atoms with van der Waals surface area (Å²) in [4.78, 5) is 12.7. The number of benzene rings is 1. The van der Waals surface area contributed by atoms with Gasteiger partial charge < -0.3 is 10.6 Å². The molecular formula is C14H15BrN2OS. The maximum Gasteiger partial charge on any atom is 0.224 e. The number of hydrogen-bond donors (Lipinski definition) is 2. The van der Waals surface area contributed by atoms with Gasteiger partial charge in [0.25, 0.3) is 0 Å². The maximum atomic E-state index is 11.5. The number of rotatable bonds is 5. The lowest BCUT2D eigenvalue weighted by molar-refractivity contribution is -0.119. The predicted octanol–water partition coefficient (Wildman–Crippen LogP) is 3.41. The first kappa shape index (κ1) is 14.1. The Labute approximate surface area is 125 Å². The number of thiophene rings is 1. The van der Waals surface area contributed by atoms with E-state index in [1.54, 1.807) is 18.4 Å². The fourth-order valence-corrected chi connectivity index (χ4v) is 3.16. The van der Waals surface area contributed by atoms with E-state index in [1.165, 1.54) is 4.88 Å². The molecule has 1 amide bonds. The summed E-state index contributed by atoms with van der Waals surface area (Å²) >= 11 is 5.16. The van der Waals surface area contributed by atoms with Crippen molar-refractivity contribution in [3.63, 3.8) is 0 Å². The van der Waals surface area contributed by atoms with E-state index in [0.29, 0.717) is 6.42 Å². The number of para-hydroxylation sites is 1. The highest BCUT2D eigenvalue weighted by atomic mass is 79.9. The van der Waals surface area contributed by atoms with Gasteiger partial charge in [0.2, 0.25) is 5.91 Å². The Hall–Kier alpha value is -1.33. The first-order valence-electron chi connectivity index (χ1n) is 5.95. The molecule has 0 bridgehead atoms. The summed E-state index contributed by atoms with van der Waals surface area (Å²) in [6, 6.07) is 12.0. The smallest absolute Gasteiger partial charge is 0.224 e. The van der Waals surface area contributed by atoms with Gasteiger partial charge in [0, 0.05) is 24.2 Å². The number of halogens is 1. The molecule has 1 aromatic carbocycles. The average Bonchev–Trinajstić information content (AvgIpc) is 2.83. The molecule has 0 aliphatic heterocycles. The third kappa shape index (κ3) is 4.08. The van der Waals surface area contributed by atoms with Crippen LogP contribution < -0.4 is 10.6 Å². The van der Waals surface area contributed by atoms with Gasteiger partial charge in [-0.05, 0) is 39.7 Å². The molecule has 0 radical (unpaired) electrons. The minimum Gasteiger partial charge on any atom is -0.380 e. The van der Waals surface area contributed by atoms with E-state index in [1.807, 2.05) is 30.3 Å². The zero-order valence-electron chi connectivity index (χ0n) is 10.6. The summed E-state index contributed by atoms with van der Waals surface area (Å²) in [7, 11) is 1.65. The average molecular weight is 339 g/mol. The van der Waals surface area contributed by atoms with Crippen LogP contribution in [-0.2, 0) is 17.8 Å². The Morgan fingerprint density at radius 3 is 2.74 bits per heavy atom. The fraction of sp³-hybridized carbons (Fsp3) is 0.214. The fourth-order valence-electron chi connectivity index (χ4n) is 1.74. The van der Waals surface area contributed by atoms with Crippen molar-refractivity contribution in [2.24, 2.45) is 0 Å². The SMILES string of the molecule is CNC(=O)Cc1ccccc1NCc1ccc(Br)s1. The van der Waals surface area contributed by atoms with Crippen LogP contribution in [0.15, 0.2) is 40.2 Å². The highest BCUT2D eigenvalue weighted by Gasteiger charge is 2.06. The highest BCUT2D eigenvalue weighted by Crippen LogP contribution is 2.24. The topological polar surface area (TPSA) is 41.1 Å². The quantitative estimate of drug-likeness (QED) is 0.877. The second kappa shape index (κ2) is 6.73. The molecule has 100 valence electrons. The molecule has 0 aliphatic rings. The van der Waals surface area contributed by atoms with Crippen LogP contribution in [-0.4, -0.2) is 13.0 Å². The summed E-state index contributed by atoms with van der Waals surface area (Å²) < 4.78 is 1.13. The second-order valence-corrected chi connectivity index (χ2v) is 6.61. The van der Waals surface area contributed by atoms with Crippen LogP contribution in [0.2, 0.25) is 0 Å². The molecule has 0 fully saturated rings. The zero-order chi connectivity index (χ0) is 13.7. The van der Waals surface area contributed by atoms with Crippen LogP contribution in [0.1, 0.15) is 10.4 Å². The molecule has 2 aromatic rings. The lowest BCUT2D eigenvalue weighted by Gasteiger charge is -2.10. The maximum absolute atomic E-state index is 11.5. The lowest BCUT2D eigenvalue weighted by atomic mass is 10.1. The summed E-state index contributed by atoms with van der Waals surface area (Å²) in [5.74, 6) is 0.0214. The standard InChI is InChI=1S/C14H15BrN2OS/c1-16-14(18)8-10-4-2-3-5-12(10)17-9-11-6-7-13(15)19-11/h2-7,17H,8-9H2,1H3,(H,16,18). The molecule has 2 rings (SSSR count). The molecule has 0 saturated carbocycles. The van der Waals surface area contributed by atoms with Crippen LogP contribution in [0.5, 0.6) is 0 Å². The molecule has 1 heterocycles. The summed E-state index contributed by atoms with van der Waals surface area (Å²) in [5, 5.41) is 6.03. The molecule has 0 aliphatic carbocycles. The largest absolute Gasteiger partial charge is 0.380 e. The van der Waals surface area contributed by atoms with E-state index in [9.17, 15) is 4.79 Å². The number of nitrogens with one attached hydrogen (secondary N) is 2.